The summed E-state index contributed by atoms with van der Waals surface area (Å²) in [6, 6.07) is 9.95. The molecule has 3 nitrogen and oxygen atoms in total. The van der Waals surface area contributed by atoms with E-state index in [1.807, 2.05) is 30.3 Å². The van der Waals surface area contributed by atoms with Gasteiger partial charge in [0, 0.05) is 12.3 Å². The van der Waals surface area contributed by atoms with Gasteiger partial charge in [-0.05, 0) is 38.8 Å². The summed E-state index contributed by atoms with van der Waals surface area (Å²) in [5.74, 6) is 0. The number of sulfone groups is 1. The second-order valence-electron chi connectivity index (χ2n) is 5.57. The Labute approximate surface area is 117 Å². The summed E-state index contributed by atoms with van der Waals surface area (Å²) in [5, 5.41) is 3.39. The molecule has 1 unspecified atom stereocenters. The van der Waals surface area contributed by atoms with Gasteiger partial charge in [-0.3, -0.25) is 0 Å². The summed E-state index contributed by atoms with van der Waals surface area (Å²) in [6.45, 7) is 6.52. The lowest BCUT2D eigenvalue weighted by atomic mass is 9.95. The van der Waals surface area contributed by atoms with Gasteiger partial charge in [-0.25, -0.2) is 8.42 Å². The molecule has 0 heterocycles. The van der Waals surface area contributed by atoms with E-state index in [4.69, 9.17) is 0 Å². The average Bonchev–Trinajstić information content (AvgIpc) is 2.34. The number of benzene rings is 1. The van der Waals surface area contributed by atoms with Crippen molar-refractivity contribution in [1.82, 2.24) is 5.32 Å². The van der Waals surface area contributed by atoms with Crippen molar-refractivity contribution < 1.29 is 8.42 Å². The molecule has 0 aliphatic rings. The quantitative estimate of drug-likeness (QED) is 0.836. The Kier molecular flexibility index (Phi) is 5.56. The molecule has 1 N–H and O–H groups in total. The van der Waals surface area contributed by atoms with E-state index in [-0.39, 0.29) is 6.04 Å². The first-order valence-electron chi connectivity index (χ1n) is 6.76. The van der Waals surface area contributed by atoms with Crippen molar-refractivity contribution in [3.63, 3.8) is 0 Å². The fraction of sp³-hybridized carbons (Fsp3) is 0.600. The molecule has 19 heavy (non-hydrogen) atoms. The highest BCUT2D eigenvalue weighted by atomic mass is 32.2. The third kappa shape index (κ3) is 4.32. The van der Waals surface area contributed by atoms with E-state index in [2.05, 4.69) is 12.2 Å². The van der Waals surface area contributed by atoms with Gasteiger partial charge >= 0.3 is 0 Å². The Hall–Kier alpha value is -0.870. The van der Waals surface area contributed by atoms with Gasteiger partial charge in [0.05, 0.1) is 4.75 Å². The summed E-state index contributed by atoms with van der Waals surface area (Å²) in [6.07, 6.45) is 3.03. The number of nitrogens with one attached hydrogen (secondary N) is 1. The molecular weight excluding hydrogens is 258 g/mol. The molecule has 108 valence electrons. The number of hydrogen-bond acceptors (Lipinski definition) is 3. The third-order valence-corrected chi connectivity index (χ3v) is 5.91. The first-order valence-corrected chi connectivity index (χ1v) is 8.65. The highest BCUT2D eigenvalue weighted by molar-refractivity contribution is 7.92. The Morgan fingerprint density at radius 2 is 1.79 bits per heavy atom. The van der Waals surface area contributed by atoms with Crippen LogP contribution in [-0.2, 0) is 16.3 Å². The van der Waals surface area contributed by atoms with E-state index >= 15 is 0 Å². The topological polar surface area (TPSA) is 46.2 Å². The fourth-order valence-electron chi connectivity index (χ4n) is 1.99. The van der Waals surface area contributed by atoms with Gasteiger partial charge in [0.25, 0.3) is 0 Å². The van der Waals surface area contributed by atoms with Crippen LogP contribution in [0.4, 0.5) is 0 Å². The Bertz CT molecular complexity index is 480. The zero-order chi connectivity index (χ0) is 14.5. The lowest BCUT2D eigenvalue weighted by molar-refractivity contribution is 0.406. The van der Waals surface area contributed by atoms with E-state index in [0.717, 1.165) is 24.9 Å². The van der Waals surface area contributed by atoms with Crippen molar-refractivity contribution in [2.75, 3.05) is 12.8 Å². The molecule has 4 heteroatoms. The van der Waals surface area contributed by atoms with E-state index in [0.29, 0.717) is 0 Å². The predicted molar refractivity (Wildman–Crippen MR) is 81.2 cm³/mol. The predicted octanol–water partition coefficient (Wildman–Crippen LogP) is 2.42. The summed E-state index contributed by atoms with van der Waals surface area (Å²) in [5.41, 5.74) is 1.16. The molecule has 1 rings (SSSR count). The van der Waals surface area contributed by atoms with Crippen LogP contribution in [0.2, 0.25) is 0 Å². The van der Waals surface area contributed by atoms with Crippen molar-refractivity contribution in [3.8, 4) is 0 Å². The molecule has 0 aliphatic heterocycles. The van der Waals surface area contributed by atoms with Crippen molar-refractivity contribution in [2.24, 2.45) is 0 Å². The molecule has 1 atom stereocenters. The largest absolute Gasteiger partial charge is 0.312 e. The highest BCUT2D eigenvalue weighted by Crippen LogP contribution is 2.23. The summed E-state index contributed by atoms with van der Waals surface area (Å²) in [4.78, 5) is 0. The van der Waals surface area contributed by atoms with Gasteiger partial charge in [0.2, 0.25) is 0 Å². The van der Waals surface area contributed by atoms with Gasteiger partial charge in [0.15, 0.2) is 9.84 Å². The second kappa shape index (κ2) is 6.53. The Morgan fingerprint density at radius 1 is 1.21 bits per heavy atom. The molecule has 0 amide bonds. The van der Waals surface area contributed by atoms with Crippen LogP contribution in [0, 0.1) is 0 Å². The molecule has 0 fully saturated rings. The van der Waals surface area contributed by atoms with E-state index < -0.39 is 14.6 Å². The zero-order valence-electron chi connectivity index (χ0n) is 12.3. The third-order valence-electron chi connectivity index (χ3n) is 3.72. The molecule has 0 saturated heterocycles. The molecule has 0 saturated carbocycles. The van der Waals surface area contributed by atoms with Gasteiger partial charge < -0.3 is 5.32 Å². The van der Waals surface area contributed by atoms with Gasteiger partial charge in [-0.2, -0.15) is 0 Å². The number of rotatable bonds is 7. The van der Waals surface area contributed by atoms with Gasteiger partial charge in [-0.1, -0.05) is 37.3 Å². The minimum absolute atomic E-state index is 0.0788. The Morgan fingerprint density at radius 3 is 2.26 bits per heavy atom. The smallest absolute Gasteiger partial charge is 0.154 e. The van der Waals surface area contributed by atoms with Crippen molar-refractivity contribution in [1.29, 1.82) is 0 Å². The van der Waals surface area contributed by atoms with Crippen LogP contribution in [0.1, 0.15) is 32.8 Å². The maximum Gasteiger partial charge on any atom is 0.154 e. The zero-order valence-corrected chi connectivity index (χ0v) is 13.1. The van der Waals surface area contributed by atoms with Crippen LogP contribution in [0.3, 0.4) is 0 Å². The lowest BCUT2D eigenvalue weighted by Gasteiger charge is -2.33. The van der Waals surface area contributed by atoms with Crippen LogP contribution in [-0.4, -0.2) is 32.0 Å². The van der Waals surface area contributed by atoms with Crippen LogP contribution in [0.5, 0.6) is 0 Å². The molecule has 1 aromatic carbocycles. The molecule has 1 aromatic rings. The van der Waals surface area contributed by atoms with Crippen molar-refractivity contribution >= 4 is 9.84 Å². The molecule has 0 radical (unpaired) electrons. The van der Waals surface area contributed by atoms with E-state index in [9.17, 15) is 8.42 Å². The first kappa shape index (κ1) is 16.2. The van der Waals surface area contributed by atoms with Crippen LogP contribution < -0.4 is 5.32 Å². The summed E-state index contributed by atoms with van der Waals surface area (Å²) < 4.78 is 23.2. The first-order chi connectivity index (χ1) is 8.79. The van der Waals surface area contributed by atoms with E-state index in [1.165, 1.54) is 6.26 Å². The maximum atomic E-state index is 12.0. The molecule has 0 spiro atoms. The monoisotopic (exact) mass is 283 g/mol. The minimum Gasteiger partial charge on any atom is -0.312 e. The second-order valence-corrected chi connectivity index (χ2v) is 8.17. The Balaban J connectivity index is 2.95. The summed E-state index contributed by atoms with van der Waals surface area (Å²) >= 11 is 0. The van der Waals surface area contributed by atoms with Gasteiger partial charge in [0.1, 0.15) is 0 Å². The highest BCUT2D eigenvalue weighted by Gasteiger charge is 2.38. The average molecular weight is 283 g/mol. The molecule has 0 bridgehead atoms. The van der Waals surface area contributed by atoms with Crippen molar-refractivity contribution in [2.45, 2.75) is 44.4 Å². The molecule has 0 aromatic heterocycles. The maximum absolute atomic E-state index is 12.0. The fourth-order valence-corrected chi connectivity index (χ4v) is 2.67. The van der Waals surface area contributed by atoms with Crippen LogP contribution in [0.25, 0.3) is 0 Å². The van der Waals surface area contributed by atoms with Crippen molar-refractivity contribution in [3.05, 3.63) is 35.9 Å². The molecular formula is C15H25NO2S. The normalized spacial score (nSPS) is 14.3. The SMILES string of the molecule is CCCNC(Cc1ccccc1)C(C)(C)S(C)(=O)=O. The van der Waals surface area contributed by atoms with Crippen LogP contribution >= 0.6 is 0 Å². The minimum atomic E-state index is -3.11. The molecule has 0 aliphatic carbocycles. The lowest BCUT2D eigenvalue weighted by Crippen LogP contribution is -2.52. The van der Waals surface area contributed by atoms with Gasteiger partial charge in [-0.15, -0.1) is 0 Å². The number of hydrogen-bond donors (Lipinski definition) is 1. The summed E-state index contributed by atoms with van der Waals surface area (Å²) in [7, 11) is -3.11. The van der Waals surface area contributed by atoms with Crippen LogP contribution in [0.15, 0.2) is 30.3 Å². The van der Waals surface area contributed by atoms with E-state index in [1.54, 1.807) is 13.8 Å². The standard InChI is InChI=1S/C15H25NO2S/c1-5-11-16-14(15(2,3)19(4,17)18)12-13-9-7-6-8-10-13/h6-10,14,16H,5,11-12H2,1-4H3.